The van der Waals surface area contributed by atoms with Gasteiger partial charge in [-0.1, -0.05) is 75.9 Å². The van der Waals surface area contributed by atoms with Crippen LogP contribution in [0.2, 0.25) is 0 Å². The van der Waals surface area contributed by atoms with Gasteiger partial charge in [-0.05, 0) is 103 Å². The number of hydrogen-bond acceptors (Lipinski definition) is 6. The van der Waals surface area contributed by atoms with Crippen LogP contribution in [0.25, 0.3) is 0 Å². The Labute approximate surface area is 292 Å². The molecular weight excluding hydrogens is 842 g/mol. The second kappa shape index (κ2) is 14.2. The molecule has 12 rings (SSSR count). The highest BCUT2D eigenvalue weighted by atomic mass is 79.9. The molecular formula is C32H25Br4N3O6. The molecule has 0 fully saturated rings. The van der Waals surface area contributed by atoms with E-state index in [-0.39, 0.29) is 31.8 Å². The van der Waals surface area contributed by atoms with Crippen molar-refractivity contribution in [2.45, 2.75) is 51.4 Å². The van der Waals surface area contributed by atoms with Crippen LogP contribution in [-0.4, -0.2) is 14.8 Å². The standard InChI is InChI=1S/C16H12Br2N2O4.C16H13Br2NO2/c17-13-6-12-4-2-10-8-16(20(23)24)11(5-14(10)18)3-1-9(13)7-15(12)19(21)22;17-14-7-10-1-3-11(14)5-6-13-8-15(18)12(4-2-10)9-16(13)19(20)21/h5-8H,1-4H2;1,3,7-9H,2,4-6H2. The summed E-state index contributed by atoms with van der Waals surface area (Å²) in [5.41, 5.74) is 7.45. The average molecular weight is 867 g/mol. The van der Waals surface area contributed by atoms with E-state index in [1.165, 1.54) is 11.1 Å². The van der Waals surface area contributed by atoms with Crippen molar-refractivity contribution < 1.29 is 14.8 Å². The molecule has 0 unspecified atom stereocenters. The van der Waals surface area contributed by atoms with Gasteiger partial charge in [-0.3, -0.25) is 30.3 Å². The molecule has 8 aliphatic rings. The van der Waals surface area contributed by atoms with Crippen LogP contribution in [0.1, 0.15) is 44.5 Å². The molecule has 0 amide bonds. The molecule has 0 spiro atoms. The van der Waals surface area contributed by atoms with E-state index in [0.717, 1.165) is 59.4 Å². The predicted molar refractivity (Wildman–Crippen MR) is 186 cm³/mol. The van der Waals surface area contributed by atoms with E-state index >= 15 is 0 Å². The Hall–Kier alpha value is -3.00. The second-order valence-corrected chi connectivity index (χ2v) is 14.3. The minimum atomic E-state index is -0.365. The van der Waals surface area contributed by atoms with Gasteiger partial charge in [0.2, 0.25) is 0 Å². The Bertz CT molecular complexity index is 1790. The smallest absolute Gasteiger partial charge is 0.258 e. The molecule has 0 atom stereocenters. The van der Waals surface area contributed by atoms with Crippen LogP contribution in [0.3, 0.4) is 0 Å². The van der Waals surface area contributed by atoms with Crippen molar-refractivity contribution in [3.05, 3.63) is 147 Å². The van der Waals surface area contributed by atoms with Crippen molar-refractivity contribution in [2.75, 3.05) is 0 Å². The van der Waals surface area contributed by atoms with Crippen LogP contribution in [-0.2, 0) is 51.4 Å². The number of rotatable bonds is 3. The van der Waals surface area contributed by atoms with Crippen LogP contribution in [0.4, 0.5) is 17.1 Å². The number of hydrogen-bond donors (Lipinski definition) is 0. The molecule has 0 radical (unpaired) electrons. The zero-order valence-electron chi connectivity index (χ0n) is 23.7. The van der Waals surface area contributed by atoms with Gasteiger partial charge in [-0.15, -0.1) is 0 Å². The van der Waals surface area contributed by atoms with Crippen molar-refractivity contribution in [1.29, 1.82) is 0 Å². The molecule has 0 aliphatic heterocycles. The van der Waals surface area contributed by atoms with Gasteiger partial charge in [0, 0.05) is 52.8 Å². The summed E-state index contributed by atoms with van der Waals surface area (Å²) in [6, 6.07) is 16.8. The molecule has 0 aromatic heterocycles. The largest absolute Gasteiger partial charge is 0.272 e. The number of nitro groups is 3. The Kier molecular flexibility index (Phi) is 10.5. The first kappa shape index (κ1) is 33.4. The molecule has 45 heavy (non-hydrogen) atoms. The fourth-order valence-corrected chi connectivity index (χ4v) is 8.05. The third kappa shape index (κ3) is 7.70. The van der Waals surface area contributed by atoms with E-state index in [9.17, 15) is 30.3 Å². The lowest BCUT2D eigenvalue weighted by molar-refractivity contribution is -0.385. The zero-order chi connectivity index (χ0) is 32.4. The summed E-state index contributed by atoms with van der Waals surface area (Å²) < 4.78 is 3.67. The number of nitro benzene ring substituents is 3. The van der Waals surface area contributed by atoms with E-state index in [1.54, 1.807) is 30.3 Å². The Morgan fingerprint density at radius 2 is 0.711 bits per heavy atom. The zero-order valence-corrected chi connectivity index (χ0v) is 30.0. The Morgan fingerprint density at radius 1 is 0.400 bits per heavy atom. The lowest BCUT2D eigenvalue weighted by Gasteiger charge is -2.14. The summed E-state index contributed by atoms with van der Waals surface area (Å²) in [4.78, 5) is 33.0. The maximum absolute atomic E-state index is 11.4. The summed E-state index contributed by atoms with van der Waals surface area (Å²) in [5, 5.41) is 34.0. The van der Waals surface area contributed by atoms with E-state index in [0.29, 0.717) is 43.2 Å². The van der Waals surface area contributed by atoms with Gasteiger partial charge in [0.15, 0.2) is 0 Å². The third-order valence-corrected chi connectivity index (χ3v) is 11.1. The summed E-state index contributed by atoms with van der Waals surface area (Å²) in [5.74, 6) is 0. The van der Waals surface area contributed by atoms with Crippen LogP contribution in [0.15, 0.2) is 72.5 Å². The number of aryl methyl sites for hydroxylation is 8. The molecule has 9 nitrogen and oxygen atoms in total. The summed E-state index contributed by atoms with van der Waals surface area (Å²) in [6.45, 7) is 0. The molecule has 0 saturated carbocycles. The minimum Gasteiger partial charge on any atom is -0.258 e. The molecule has 8 aliphatic carbocycles. The fraction of sp³-hybridized carbons (Fsp3) is 0.250. The number of halogens is 4. The second-order valence-electron chi connectivity index (χ2n) is 10.9. The Morgan fingerprint density at radius 3 is 1.07 bits per heavy atom. The predicted octanol–water partition coefficient (Wildman–Crippen LogP) is 9.92. The topological polar surface area (TPSA) is 129 Å². The number of benzene rings is 4. The fourth-order valence-electron chi connectivity index (χ4n) is 5.66. The van der Waals surface area contributed by atoms with E-state index in [4.69, 9.17) is 0 Å². The molecule has 13 heteroatoms. The van der Waals surface area contributed by atoms with Gasteiger partial charge in [0.1, 0.15) is 0 Å². The molecule has 4 aromatic rings. The van der Waals surface area contributed by atoms with Gasteiger partial charge in [0.05, 0.1) is 14.8 Å². The first-order valence-corrected chi connectivity index (χ1v) is 17.2. The minimum absolute atomic E-state index is 0.105. The maximum atomic E-state index is 11.4. The molecule has 0 saturated heterocycles. The lowest BCUT2D eigenvalue weighted by Crippen LogP contribution is -2.06. The summed E-state index contributed by atoms with van der Waals surface area (Å²) in [6.07, 6.45) is 4.93. The highest BCUT2D eigenvalue weighted by Gasteiger charge is 2.23. The van der Waals surface area contributed by atoms with Crippen molar-refractivity contribution in [2.24, 2.45) is 0 Å². The van der Waals surface area contributed by atoms with Crippen LogP contribution in [0.5, 0.6) is 0 Å². The van der Waals surface area contributed by atoms with Crippen molar-refractivity contribution in [3.63, 3.8) is 0 Å². The maximum Gasteiger partial charge on any atom is 0.272 e. The lowest BCUT2D eigenvalue weighted by atomic mass is 9.94. The van der Waals surface area contributed by atoms with E-state index in [1.807, 2.05) is 6.07 Å². The van der Waals surface area contributed by atoms with Gasteiger partial charge >= 0.3 is 0 Å². The normalized spacial score (nSPS) is 13.6. The first-order chi connectivity index (χ1) is 21.4. The average Bonchev–Trinajstić information content (AvgIpc) is 2.97. The molecule has 232 valence electrons. The number of nitrogens with zero attached hydrogens (tertiary/aromatic N) is 3. The molecule has 4 aromatic carbocycles. The van der Waals surface area contributed by atoms with Crippen LogP contribution < -0.4 is 0 Å². The molecule has 8 bridgehead atoms. The highest BCUT2D eigenvalue weighted by molar-refractivity contribution is 9.11. The van der Waals surface area contributed by atoms with Gasteiger partial charge in [-0.25, -0.2) is 0 Å². The quantitative estimate of drug-likeness (QED) is 0.149. The van der Waals surface area contributed by atoms with E-state index in [2.05, 4.69) is 81.9 Å². The SMILES string of the molecule is O=[N+]([O-])c1cc2c(Br)cc1CCc1cc([N+](=O)[O-])c(cc1Br)CC2.O=[N+]([O-])c1cc2c(Br)cc1CCc1ccc(cc1Br)CC2. The summed E-state index contributed by atoms with van der Waals surface area (Å²) in [7, 11) is 0. The highest BCUT2D eigenvalue weighted by Crippen LogP contribution is 2.35. The van der Waals surface area contributed by atoms with Crippen LogP contribution in [0, 0.1) is 30.3 Å². The molecule has 0 heterocycles. The van der Waals surface area contributed by atoms with E-state index < -0.39 is 0 Å². The van der Waals surface area contributed by atoms with Crippen molar-refractivity contribution >= 4 is 80.8 Å². The van der Waals surface area contributed by atoms with Gasteiger partial charge in [0.25, 0.3) is 17.1 Å². The third-order valence-electron chi connectivity index (χ3n) is 8.12. The monoisotopic (exact) mass is 863 g/mol. The Balaban J connectivity index is 0.000000179. The molecule has 0 N–H and O–H groups in total. The van der Waals surface area contributed by atoms with Crippen molar-refractivity contribution in [1.82, 2.24) is 0 Å². The van der Waals surface area contributed by atoms with Crippen LogP contribution >= 0.6 is 63.7 Å². The van der Waals surface area contributed by atoms with Gasteiger partial charge < -0.3 is 0 Å². The van der Waals surface area contributed by atoms with Crippen molar-refractivity contribution in [3.8, 4) is 0 Å². The van der Waals surface area contributed by atoms with Gasteiger partial charge in [-0.2, -0.15) is 0 Å². The first-order valence-electron chi connectivity index (χ1n) is 14.1. The summed E-state index contributed by atoms with van der Waals surface area (Å²) >= 11 is 14.1.